The molecule has 0 radical (unpaired) electrons. The van der Waals surface area contributed by atoms with Gasteiger partial charge < -0.3 is 21.3 Å². The van der Waals surface area contributed by atoms with Crippen LogP contribution in [0.1, 0.15) is 53.4 Å². The lowest BCUT2D eigenvalue weighted by molar-refractivity contribution is -0.124. The zero-order valence-electron chi connectivity index (χ0n) is 17.3. The van der Waals surface area contributed by atoms with Crippen molar-refractivity contribution < 1.29 is 32.8 Å². The Morgan fingerprint density at radius 2 is 1.00 bits per heavy atom. The monoisotopic (exact) mass is 437 g/mol. The number of nitrogens with one attached hydrogen (secondary N) is 4. The number of hydrogen-bond donors (Lipinski definition) is 5. The molecule has 4 amide bonds. The van der Waals surface area contributed by atoms with Crippen LogP contribution >= 0.6 is 7.75 Å². The summed E-state index contributed by atoms with van der Waals surface area (Å²) in [5.41, 5.74) is 5.51. The Bertz CT molecular complexity index is 536. The van der Waals surface area contributed by atoms with Gasteiger partial charge in [-0.1, -0.05) is 0 Å². The maximum absolute atomic E-state index is 12.1. The van der Waals surface area contributed by atoms with E-state index in [4.69, 9.17) is 14.6 Å². The molecule has 0 unspecified atom stereocenters. The van der Waals surface area contributed by atoms with Crippen LogP contribution in [0.4, 0.5) is 0 Å². The molecule has 13 heteroatoms. The molecule has 0 aromatic heterocycles. The number of carbonyl (C=O) groups is 4. The lowest BCUT2D eigenvalue weighted by atomic mass is 10.2. The number of nitrogens with two attached hydrogens (primary N) is 1. The molecule has 0 bridgehead atoms. The first-order chi connectivity index (χ1) is 13.4. The minimum Gasteiger partial charge on any atom is -0.336 e. The van der Waals surface area contributed by atoms with Crippen LogP contribution in [-0.4, -0.2) is 49.2 Å². The third-order valence-electron chi connectivity index (χ3n) is 3.33. The second kappa shape index (κ2) is 14.0. The van der Waals surface area contributed by atoms with Crippen LogP contribution in [-0.2, 0) is 32.8 Å². The van der Waals surface area contributed by atoms with Gasteiger partial charge in [0.2, 0.25) is 23.6 Å². The Morgan fingerprint density at radius 1 is 0.724 bits per heavy atom. The first-order valence-electron chi connectivity index (χ1n) is 9.17. The maximum Gasteiger partial charge on any atom is 0.402 e. The third-order valence-corrected chi connectivity index (χ3v) is 4.41. The van der Waals surface area contributed by atoms with Gasteiger partial charge >= 0.3 is 7.75 Å². The molecular weight excluding hydrogens is 405 g/mol. The first-order valence-corrected chi connectivity index (χ1v) is 10.8. The van der Waals surface area contributed by atoms with E-state index in [1.807, 2.05) is 0 Å². The standard InChI is InChI=1S/C16H32N5O7P/c1-11(22)18-15(19-12(2)23)7-5-9-27-29(17,26)28-10-6-8-16(20-13(3)24)21-14(4)25/h15-16H,5-10H2,1-4H3,(H2,17,26)(H,18,22)(H,19,23)(H,20,24)(H,21,25). The minimum atomic E-state index is -3.77. The summed E-state index contributed by atoms with van der Waals surface area (Å²) < 4.78 is 22.2. The Balaban J connectivity index is 4.20. The van der Waals surface area contributed by atoms with Gasteiger partial charge in [0.05, 0.1) is 13.2 Å². The smallest absolute Gasteiger partial charge is 0.336 e. The largest absolute Gasteiger partial charge is 0.402 e. The van der Waals surface area contributed by atoms with E-state index in [1.165, 1.54) is 27.7 Å². The van der Waals surface area contributed by atoms with Gasteiger partial charge in [0.15, 0.2) is 0 Å². The van der Waals surface area contributed by atoms with Crippen molar-refractivity contribution in [2.75, 3.05) is 13.2 Å². The predicted octanol–water partition coefficient (Wildman–Crippen LogP) is -0.157. The van der Waals surface area contributed by atoms with E-state index in [0.29, 0.717) is 25.7 Å². The van der Waals surface area contributed by atoms with Crippen molar-refractivity contribution in [3.05, 3.63) is 0 Å². The summed E-state index contributed by atoms with van der Waals surface area (Å²) in [6.45, 7) is 5.32. The summed E-state index contributed by atoms with van der Waals surface area (Å²) in [6, 6.07) is 0. The molecule has 0 atom stereocenters. The number of amides is 4. The summed E-state index contributed by atoms with van der Waals surface area (Å²) in [5.74, 6) is -1.19. The van der Waals surface area contributed by atoms with Crippen LogP contribution in [0, 0.1) is 0 Å². The summed E-state index contributed by atoms with van der Waals surface area (Å²) in [6.07, 6.45) is 0.311. The summed E-state index contributed by atoms with van der Waals surface area (Å²) in [4.78, 5) is 44.5. The zero-order valence-corrected chi connectivity index (χ0v) is 18.2. The van der Waals surface area contributed by atoms with Crippen LogP contribution in [0.3, 0.4) is 0 Å². The van der Waals surface area contributed by atoms with Crippen molar-refractivity contribution in [1.82, 2.24) is 21.3 Å². The van der Waals surface area contributed by atoms with E-state index in [9.17, 15) is 23.7 Å². The average Bonchev–Trinajstić information content (AvgIpc) is 2.53. The molecule has 0 rings (SSSR count). The van der Waals surface area contributed by atoms with Crippen molar-refractivity contribution >= 4 is 31.4 Å². The fraction of sp³-hybridized carbons (Fsp3) is 0.750. The van der Waals surface area contributed by atoms with Crippen molar-refractivity contribution in [2.24, 2.45) is 5.50 Å². The lowest BCUT2D eigenvalue weighted by Crippen LogP contribution is -2.46. The van der Waals surface area contributed by atoms with E-state index in [1.54, 1.807) is 0 Å². The molecule has 0 aliphatic rings. The van der Waals surface area contributed by atoms with Crippen LogP contribution in [0.25, 0.3) is 0 Å². The normalized spacial score (nSPS) is 11.3. The second-order valence-electron chi connectivity index (χ2n) is 6.40. The average molecular weight is 437 g/mol. The molecule has 6 N–H and O–H groups in total. The fourth-order valence-electron chi connectivity index (χ4n) is 2.34. The Labute approximate surface area is 170 Å². The summed E-state index contributed by atoms with van der Waals surface area (Å²) in [5, 5.41) is 10.3. The van der Waals surface area contributed by atoms with Crippen molar-refractivity contribution in [1.29, 1.82) is 0 Å². The van der Waals surface area contributed by atoms with Gasteiger partial charge in [-0.3, -0.25) is 28.2 Å². The van der Waals surface area contributed by atoms with Gasteiger partial charge in [0.25, 0.3) is 0 Å². The fourth-order valence-corrected chi connectivity index (χ4v) is 3.18. The van der Waals surface area contributed by atoms with Gasteiger partial charge in [-0.2, -0.15) is 0 Å². The Kier molecular flexibility index (Phi) is 13.1. The lowest BCUT2D eigenvalue weighted by Gasteiger charge is -2.20. The molecule has 0 spiro atoms. The van der Waals surface area contributed by atoms with Gasteiger partial charge in [0.1, 0.15) is 12.3 Å². The quantitative estimate of drug-likeness (QED) is 0.141. The van der Waals surface area contributed by atoms with Gasteiger partial charge in [-0.05, 0) is 25.7 Å². The highest BCUT2D eigenvalue weighted by atomic mass is 31.2. The van der Waals surface area contributed by atoms with Crippen LogP contribution in [0.5, 0.6) is 0 Å². The molecule has 0 fully saturated rings. The second-order valence-corrected chi connectivity index (χ2v) is 7.99. The van der Waals surface area contributed by atoms with Gasteiger partial charge in [-0.25, -0.2) is 10.1 Å². The number of rotatable bonds is 14. The highest BCUT2D eigenvalue weighted by molar-refractivity contribution is 7.51. The highest BCUT2D eigenvalue weighted by Gasteiger charge is 2.19. The molecule has 168 valence electrons. The van der Waals surface area contributed by atoms with Crippen molar-refractivity contribution in [3.63, 3.8) is 0 Å². The predicted molar refractivity (Wildman–Crippen MR) is 105 cm³/mol. The maximum atomic E-state index is 12.1. The van der Waals surface area contributed by atoms with E-state index in [0.717, 1.165) is 0 Å². The number of carbonyl (C=O) groups excluding carboxylic acids is 4. The Hall–Kier alpha value is -2.01. The Morgan fingerprint density at radius 3 is 1.24 bits per heavy atom. The molecule has 0 saturated carbocycles. The molecular formula is C16H32N5O7P. The topological polar surface area (TPSA) is 178 Å². The van der Waals surface area contributed by atoms with E-state index >= 15 is 0 Å². The number of hydrogen-bond acceptors (Lipinski definition) is 7. The van der Waals surface area contributed by atoms with Crippen LogP contribution in [0.2, 0.25) is 0 Å². The molecule has 0 aliphatic heterocycles. The SMILES string of the molecule is CC(=O)NC(CCCOP(N)(=O)OCCCC(NC(C)=O)NC(C)=O)NC(C)=O. The molecule has 0 heterocycles. The van der Waals surface area contributed by atoms with Gasteiger partial charge in [0, 0.05) is 27.7 Å². The van der Waals surface area contributed by atoms with Crippen molar-refractivity contribution in [3.8, 4) is 0 Å². The molecule has 29 heavy (non-hydrogen) atoms. The van der Waals surface area contributed by atoms with Gasteiger partial charge in [-0.15, -0.1) is 0 Å². The molecule has 12 nitrogen and oxygen atoms in total. The van der Waals surface area contributed by atoms with Crippen LogP contribution < -0.4 is 26.8 Å². The third kappa shape index (κ3) is 16.6. The highest BCUT2D eigenvalue weighted by Crippen LogP contribution is 2.39. The minimum absolute atomic E-state index is 0.00383. The van der Waals surface area contributed by atoms with Crippen LogP contribution in [0.15, 0.2) is 0 Å². The molecule has 0 aromatic carbocycles. The van der Waals surface area contributed by atoms with Crippen molar-refractivity contribution in [2.45, 2.75) is 65.7 Å². The van der Waals surface area contributed by atoms with E-state index < -0.39 is 20.1 Å². The summed E-state index contributed by atoms with van der Waals surface area (Å²) in [7, 11) is -3.77. The van der Waals surface area contributed by atoms with E-state index in [2.05, 4.69) is 21.3 Å². The zero-order chi connectivity index (χ0) is 22.4. The summed E-state index contributed by atoms with van der Waals surface area (Å²) >= 11 is 0. The first kappa shape index (κ1) is 27.0. The molecule has 0 aliphatic carbocycles. The van der Waals surface area contributed by atoms with E-state index in [-0.39, 0.29) is 36.8 Å². The molecule has 0 saturated heterocycles. The molecule has 0 aromatic rings.